The zero-order valence-electron chi connectivity index (χ0n) is 16.6. The number of ether oxygens (including phenoxy) is 2. The summed E-state index contributed by atoms with van der Waals surface area (Å²) >= 11 is 0. The molecule has 0 fully saturated rings. The minimum Gasteiger partial charge on any atom is -0.466 e. The Morgan fingerprint density at radius 2 is 1.68 bits per heavy atom. The maximum absolute atomic E-state index is 11.8. The summed E-state index contributed by atoms with van der Waals surface area (Å²) in [6, 6.07) is 7.30. The summed E-state index contributed by atoms with van der Waals surface area (Å²) in [6.07, 6.45) is 1.91. The molecular weight excluding hydrogens is 362 g/mol. The molecule has 0 aromatic heterocycles. The van der Waals surface area contributed by atoms with Gasteiger partial charge in [0.25, 0.3) is 0 Å². The fraction of sp³-hybridized carbons (Fsp3) is 0.524. The van der Waals surface area contributed by atoms with Gasteiger partial charge in [-0.05, 0) is 24.5 Å². The molecule has 0 heterocycles. The first-order valence-corrected chi connectivity index (χ1v) is 9.49. The number of carbonyl (C=O) groups is 4. The van der Waals surface area contributed by atoms with Crippen molar-refractivity contribution in [1.82, 2.24) is 5.32 Å². The molecule has 0 spiro atoms. The van der Waals surface area contributed by atoms with Crippen LogP contribution < -0.4 is 5.32 Å². The van der Waals surface area contributed by atoms with Crippen molar-refractivity contribution < 1.29 is 28.7 Å². The third-order valence-electron chi connectivity index (χ3n) is 3.74. The van der Waals surface area contributed by atoms with Crippen molar-refractivity contribution in [3.8, 4) is 0 Å². The lowest BCUT2D eigenvalue weighted by molar-refractivity contribution is -0.144. The van der Waals surface area contributed by atoms with Crippen molar-refractivity contribution in [2.45, 2.75) is 52.5 Å². The number of hydrogen-bond acceptors (Lipinski definition) is 6. The van der Waals surface area contributed by atoms with Crippen molar-refractivity contribution in [2.75, 3.05) is 19.8 Å². The Balaban J connectivity index is 2.17. The molecule has 0 aliphatic heterocycles. The highest BCUT2D eigenvalue weighted by Gasteiger charge is 2.07. The molecule has 1 rings (SSSR count). The molecule has 154 valence electrons. The third-order valence-corrected chi connectivity index (χ3v) is 3.74. The molecule has 7 heteroatoms. The number of benzene rings is 1. The highest BCUT2D eigenvalue weighted by Crippen LogP contribution is 2.07. The van der Waals surface area contributed by atoms with E-state index in [2.05, 4.69) is 5.32 Å². The topological polar surface area (TPSA) is 98.8 Å². The Kier molecular flexibility index (Phi) is 11.4. The minimum absolute atomic E-state index is 0.0427. The van der Waals surface area contributed by atoms with E-state index in [1.165, 1.54) is 6.92 Å². The van der Waals surface area contributed by atoms with Gasteiger partial charge in [-0.15, -0.1) is 0 Å². The lowest BCUT2D eigenvalue weighted by Gasteiger charge is -2.08. The highest BCUT2D eigenvalue weighted by molar-refractivity contribution is 5.98. The van der Waals surface area contributed by atoms with Gasteiger partial charge < -0.3 is 14.8 Å². The number of esters is 1. The number of carbonyl (C=O) groups excluding carboxylic acids is 4. The molecule has 0 unspecified atom stereocenters. The lowest BCUT2D eigenvalue weighted by atomic mass is 10.0. The van der Waals surface area contributed by atoms with Crippen LogP contribution in [0.2, 0.25) is 0 Å². The third kappa shape index (κ3) is 11.2. The molecule has 0 bridgehead atoms. The maximum Gasteiger partial charge on any atom is 0.305 e. The zero-order chi connectivity index (χ0) is 20.8. The van der Waals surface area contributed by atoms with Crippen LogP contribution in [0.4, 0.5) is 0 Å². The van der Waals surface area contributed by atoms with E-state index in [1.54, 1.807) is 0 Å². The molecule has 1 aromatic rings. The smallest absolute Gasteiger partial charge is 0.305 e. The summed E-state index contributed by atoms with van der Waals surface area (Å²) in [5.41, 5.74) is 1.74. The maximum atomic E-state index is 11.8. The van der Waals surface area contributed by atoms with Gasteiger partial charge in [-0.2, -0.15) is 0 Å². The molecule has 0 radical (unpaired) electrons. The van der Waals surface area contributed by atoms with Gasteiger partial charge in [-0.3, -0.25) is 19.2 Å². The van der Waals surface area contributed by atoms with Gasteiger partial charge in [0.05, 0.1) is 19.6 Å². The second-order valence-electron chi connectivity index (χ2n) is 6.56. The van der Waals surface area contributed by atoms with Crippen LogP contribution in [0.3, 0.4) is 0 Å². The molecule has 0 aliphatic rings. The summed E-state index contributed by atoms with van der Waals surface area (Å²) in [5.74, 6) is -0.687. The molecular formula is C21H29NO6. The van der Waals surface area contributed by atoms with E-state index < -0.39 is 0 Å². The van der Waals surface area contributed by atoms with Crippen molar-refractivity contribution in [2.24, 2.45) is 0 Å². The van der Waals surface area contributed by atoms with E-state index in [0.29, 0.717) is 32.6 Å². The highest BCUT2D eigenvalue weighted by atomic mass is 16.5. The van der Waals surface area contributed by atoms with Crippen LogP contribution in [0.1, 0.15) is 50.7 Å². The van der Waals surface area contributed by atoms with Crippen molar-refractivity contribution in [1.29, 1.82) is 0 Å². The number of nitrogens with one attached hydrogen (secondary N) is 1. The fourth-order valence-electron chi connectivity index (χ4n) is 2.38. The van der Waals surface area contributed by atoms with Crippen LogP contribution in [-0.2, 0) is 41.6 Å². The average molecular weight is 391 g/mol. The lowest BCUT2D eigenvalue weighted by Crippen LogP contribution is -2.27. The molecule has 0 atom stereocenters. The van der Waals surface area contributed by atoms with Gasteiger partial charge in [-0.1, -0.05) is 31.2 Å². The van der Waals surface area contributed by atoms with Gasteiger partial charge in [-0.25, -0.2) is 0 Å². The van der Waals surface area contributed by atoms with E-state index in [1.807, 2.05) is 31.2 Å². The molecule has 7 nitrogen and oxygen atoms in total. The Hall–Kier alpha value is -2.54. The molecule has 1 N–H and O–H groups in total. The van der Waals surface area contributed by atoms with Crippen molar-refractivity contribution >= 4 is 23.4 Å². The van der Waals surface area contributed by atoms with Gasteiger partial charge in [0.2, 0.25) is 5.91 Å². The van der Waals surface area contributed by atoms with E-state index in [9.17, 15) is 19.2 Å². The number of amides is 1. The average Bonchev–Trinajstić information content (AvgIpc) is 2.63. The van der Waals surface area contributed by atoms with E-state index >= 15 is 0 Å². The molecule has 0 aliphatic carbocycles. The van der Waals surface area contributed by atoms with E-state index in [0.717, 1.165) is 17.5 Å². The Bertz CT molecular complexity index is 653. The largest absolute Gasteiger partial charge is 0.466 e. The van der Waals surface area contributed by atoms with Crippen molar-refractivity contribution in [3.63, 3.8) is 0 Å². The normalized spacial score (nSPS) is 10.4. The number of hydrogen-bond donors (Lipinski definition) is 1. The first-order chi connectivity index (χ1) is 13.4. The molecule has 1 amide bonds. The first kappa shape index (κ1) is 23.5. The Morgan fingerprint density at radius 1 is 1.00 bits per heavy atom. The summed E-state index contributed by atoms with van der Waals surface area (Å²) < 4.78 is 10.2. The second-order valence-corrected chi connectivity index (χ2v) is 6.56. The van der Waals surface area contributed by atoms with Crippen LogP contribution in [0.15, 0.2) is 24.3 Å². The predicted octanol–water partition coefficient (Wildman–Crippen LogP) is 2.14. The summed E-state index contributed by atoms with van der Waals surface area (Å²) in [4.78, 5) is 45.5. The van der Waals surface area contributed by atoms with Gasteiger partial charge in [0.1, 0.15) is 18.2 Å². The summed E-state index contributed by atoms with van der Waals surface area (Å²) in [6.45, 7) is 4.25. The summed E-state index contributed by atoms with van der Waals surface area (Å²) in [5, 5.41) is 2.75. The van der Waals surface area contributed by atoms with Crippen LogP contribution in [-0.4, -0.2) is 43.3 Å². The molecule has 28 heavy (non-hydrogen) atoms. The van der Waals surface area contributed by atoms with Gasteiger partial charge >= 0.3 is 5.97 Å². The Labute approximate surface area is 165 Å². The minimum atomic E-state index is -0.233. The van der Waals surface area contributed by atoms with Gasteiger partial charge in [0.15, 0.2) is 0 Å². The second kappa shape index (κ2) is 13.6. The molecule has 1 aromatic carbocycles. The van der Waals surface area contributed by atoms with Crippen molar-refractivity contribution in [3.05, 3.63) is 35.4 Å². The Morgan fingerprint density at radius 3 is 2.32 bits per heavy atom. The van der Waals surface area contributed by atoms with Crippen LogP contribution in [0.25, 0.3) is 0 Å². The SMILES string of the molecule is CCCC(=O)OCCCOCC(=O)NCc1ccc(CC(=O)CC(C)=O)cc1. The molecule has 0 saturated carbocycles. The summed E-state index contributed by atoms with van der Waals surface area (Å²) in [7, 11) is 0. The first-order valence-electron chi connectivity index (χ1n) is 9.49. The quantitative estimate of drug-likeness (QED) is 0.296. The number of Topliss-reactive ketones (excluding diaryl/α,β-unsaturated/α-hetero) is 2. The number of rotatable bonds is 14. The number of ketones is 2. The van der Waals surface area contributed by atoms with Crippen LogP contribution >= 0.6 is 0 Å². The monoisotopic (exact) mass is 391 g/mol. The van der Waals surface area contributed by atoms with E-state index in [-0.39, 0.29) is 42.9 Å². The van der Waals surface area contributed by atoms with Crippen LogP contribution in [0, 0.1) is 0 Å². The van der Waals surface area contributed by atoms with Gasteiger partial charge in [0, 0.05) is 25.8 Å². The fourth-order valence-corrected chi connectivity index (χ4v) is 2.38. The van der Waals surface area contributed by atoms with E-state index in [4.69, 9.17) is 9.47 Å². The van der Waals surface area contributed by atoms with Crippen LogP contribution in [0.5, 0.6) is 0 Å². The predicted molar refractivity (Wildman–Crippen MR) is 104 cm³/mol. The zero-order valence-corrected chi connectivity index (χ0v) is 16.6. The molecule has 0 saturated heterocycles. The standard InChI is InChI=1S/C21H29NO6/c1-3-5-21(26)28-11-4-10-27-15-20(25)22-14-18-8-6-17(7-9-18)13-19(24)12-16(2)23/h6-9H,3-5,10-15H2,1-2H3,(H,22,25).